The largest absolute Gasteiger partial charge is 0.435 e. The molecule has 0 saturated heterocycles. The second kappa shape index (κ2) is 6.29. The van der Waals surface area contributed by atoms with Gasteiger partial charge >= 0.3 is 6.18 Å². The number of fused-ring (bicyclic) bond motifs is 1. The van der Waals surface area contributed by atoms with Crippen molar-refractivity contribution in [3.63, 3.8) is 0 Å². The van der Waals surface area contributed by atoms with E-state index in [2.05, 4.69) is 5.10 Å². The van der Waals surface area contributed by atoms with Crippen LogP contribution in [0, 0.1) is 11.3 Å². The molecule has 0 aliphatic heterocycles. The van der Waals surface area contributed by atoms with Crippen LogP contribution in [0.1, 0.15) is 11.4 Å². The summed E-state index contributed by atoms with van der Waals surface area (Å²) in [6.45, 7) is 0. The SMILES string of the molecule is N#Cc1c(-c2cccc3ccccc23)c(C(F)(F)F)nn1-c1ccccc1. The van der Waals surface area contributed by atoms with Gasteiger partial charge in [-0.2, -0.15) is 23.5 Å². The molecular formula is C21H12F3N3. The summed E-state index contributed by atoms with van der Waals surface area (Å²) >= 11 is 0. The number of para-hydroxylation sites is 1. The molecule has 27 heavy (non-hydrogen) atoms. The van der Waals surface area contributed by atoms with Crippen molar-refractivity contribution < 1.29 is 13.2 Å². The highest BCUT2D eigenvalue weighted by Gasteiger charge is 2.40. The Balaban J connectivity index is 2.11. The van der Waals surface area contributed by atoms with Crippen molar-refractivity contribution in [3.05, 3.63) is 84.2 Å². The van der Waals surface area contributed by atoms with E-state index in [9.17, 15) is 18.4 Å². The molecule has 3 nitrogen and oxygen atoms in total. The topological polar surface area (TPSA) is 41.6 Å². The second-order valence-electron chi connectivity index (χ2n) is 5.96. The average molecular weight is 363 g/mol. The highest BCUT2D eigenvalue weighted by atomic mass is 19.4. The molecule has 0 unspecified atom stereocenters. The van der Waals surface area contributed by atoms with Crippen molar-refractivity contribution in [2.75, 3.05) is 0 Å². The Kier molecular flexibility index (Phi) is 3.93. The summed E-state index contributed by atoms with van der Waals surface area (Å²) in [6, 6.07) is 22.5. The van der Waals surface area contributed by atoms with Crippen molar-refractivity contribution in [2.24, 2.45) is 0 Å². The van der Waals surface area contributed by atoms with Crippen molar-refractivity contribution in [1.29, 1.82) is 5.26 Å². The fraction of sp³-hybridized carbons (Fsp3) is 0.0476. The lowest BCUT2D eigenvalue weighted by molar-refractivity contribution is -0.140. The molecule has 0 fully saturated rings. The molecule has 0 radical (unpaired) electrons. The molecule has 3 aromatic carbocycles. The fourth-order valence-corrected chi connectivity index (χ4v) is 3.17. The van der Waals surface area contributed by atoms with Gasteiger partial charge in [0.05, 0.1) is 11.3 Å². The summed E-state index contributed by atoms with van der Waals surface area (Å²) in [5, 5.41) is 14.9. The Bertz CT molecular complexity index is 1160. The quantitative estimate of drug-likeness (QED) is 0.466. The van der Waals surface area contributed by atoms with E-state index >= 15 is 0 Å². The van der Waals surface area contributed by atoms with Crippen LogP contribution < -0.4 is 0 Å². The molecule has 132 valence electrons. The summed E-state index contributed by atoms with van der Waals surface area (Å²) in [5.41, 5.74) is -0.694. The molecule has 0 aliphatic rings. The molecule has 0 N–H and O–H groups in total. The fourth-order valence-electron chi connectivity index (χ4n) is 3.17. The smallest absolute Gasteiger partial charge is 0.222 e. The highest BCUT2D eigenvalue weighted by molar-refractivity contribution is 5.98. The number of aromatic nitrogens is 2. The van der Waals surface area contributed by atoms with E-state index in [-0.39, 0.29) is 11.3 Å². The summed E-state index contributed by atoms with van der Waals surface area (Å²) in [7, 11) is 0. The third kappa shape index (κ3) is 2.83. The van der Waals surface area contributed by atoms with Gasteiger partial charge in [0.1, 0.15) is 6.07 Å². The van der Waals surface area contributed by atoms with Gasteiger partial charge in [0, 0.05) is 0 Å². The van der Waals surface area contributed by atoms with Crippen molar-refractivity contribution in [2.45, 2.75) is 6.18 Å². The highest BCUT2D eigenvalue weighted by Crippen LogP contribution is 2.41. The molecule has 4 aromatic rings. The van der Waals surface area contributed by atoms with Crippen LogP contribution in [0.5, 0.6) is 0 Å². The van der Waals surface area contributed by atoms with Crippen LogP contribution in [-0.2, 0) is 6.18 Å². The zero-order valence-electron chi connectivity index (χ0n) is 13.9. The van der Waals surface area contributed by atoms with E-state index in [1.165, 1.54) is 0 Å². The molecule has 0 saturated carbocycles. The Morgan fingerprint density at radius 2 is 1.52 bits per heavy atom. The lowest BCUT2D eigenvalue weighted by atomic mass is 9.96. The van der Waals surface area contributed by atoms with E-state index in [0.717, 1.165) is 10.1 Å². The lowest BCUT2D eigenvalue weighted by Crippen LogP contribution is -2.08. The first-order valence-electron chi connectivity index (χ1n) is 8.14. The maximum Gasteiger partial charge on any atom is 0.435 e. The third-order valence-electron chi connectivity index (χ3n) is 4.32. The van der Waals surface area contributed by atoms with E-state index in [1.807, 2.05) is 24.3 Å². The number of hydrogen-bond acceptors (Lipinski definition) is 2. The van der Waals surface area contributed by atoms with E-state index in [1.54, 1.807) is 54.6 Å². The number of nitrogens with zero attached hydrogens (tertiary/aromatic N) is 3. The van der Waals surface area contributed by atoms with Gasteiger partial charge in [-0.3, -0.25) is 0 Å². The molecule has 6 heteroatoms. The van der Waals surface area contributed by atoms with Gasteiger partial charge in [-0.25, -0.2) is 4.68 Å². The minimum absolute atomic E-state index is 0.148. The standard InChI is InChI=1S/C21H12F3N3/c22-21(23,24)20-19(17-12-6-8-14-7-4-5-11-16(14)17)18(13-25)27(26-20)15-9-2-1-3-10-15/h1-12H. The van der Waals surface area contributed by atoms with Crippen LogP contribution in [0.15, 0.2) is 72.8 Å². The second-order valence-corrected chi connectivity index (χ2v) is 5.96. The van der Waals surface area contributed by atoms with E-state index in [4.69, 9.17) is 0 Å². The lowest BCUT2D eigenvalue weighted by Gasteiger charge is -2.09. The molecule has 0 aliphatic carbocycles. The number of hydrogen-bond donors (Lipinski definition) is 0. The molecule has 4 rings (SSSR count). The zero-order valence-corrected chi connectivity index (χ0v) is 13.9. The predicted octanol–water partition coefficient (Wildman–Crippen LogP) is 5.58. The van der Waals surface area contributed by atoms with Crippen LogP contribution >= 0.6 is 0 Å². The molecule has 0 spiro atoms. The maximum absolute atomic E-state index is 13.8. The third-order valence-corrected chi connectivity index (χ3v) is 4.32. The van der Waals surface area contributed by atoms with Gasteiger partial charge in [0.25, 0.3) is 0 Å². The summed E-state index contributed by atoms with van der Waals surface area (Å²) < 4.78 is 42.4. The molecule has 0 atom stereocenters. The molecule has 0 bridgehead atoms. The van der Waals surface area contributed by atoms with Gasteiger partial charge in [-0.15, -0.1) is 0 Å². The van der Waals surface area contributed by atoms with Gasteiger partial charge < -0.3 is 0 Å². The average Bonchev–Trinajstić information content (AvgIpc) is 3.08. The number of benzene rings is 3. The van der Waals surface area contributed by atoms with Crippen LogP contribution in [0.2, 0.25) is 0 Å². The Morgan fingerprint density at radius 3 is 2.22 bits per heavy atom. The van der Waals surface area contributed by atoms with Crippen molar-refractivity contribution >= 4 is 10.8 Å². The molecule has 0 amide bonds. The van der Waals surface area contributed by atoms with Crippen LogP contribution in [0.4, 0.5) is 13.2 Å². The van der Waals surface area contributed by atoms with Crippen molar-refractivity contribution in [3.8, 4) is 22.9 Å². The first kappa shape index (κ1) is 16.9. The molecule has 1 heterocycles. The van der Waals surface area contributed by atoms with E-state index in [0.29, 0.717) is 16.6 Å². The molecule has 1 aromatic heterocycles. The number of halogens is 3. The van der Waals surface area contributed by atoms with Gasteiger partial charge in [-0.05, 0) is 28.5 Å². The van der Waals surface area contributed by atoms with E-state index < -0.39 is 11.9 Å². The minimum atomic E-state index is -4.70. The minimum Gasteiger partial charge on any atom is -0.222 e. The monoisotopic (exact) mass is 363 g/mol. The summed E-state index contributed by atoms with van der Waals surface area (Å²) in [4.78, 5) is 0. The number of alkyl halides is 3. The zero-order chi connectivity index (χ0) is 19.0. The first-order chi connectivity index (χ1) is 13.0. The maximum atomic E-state index is 13.8. The number of nitriles is 1. The van der Waals surface area contributed by atoms with Crippen molar-refractivity contribution in [1.82, 2.24) is 9.78 Å². The van der Waals surface area contributed by atoms with Gasteiger partial charge in [-0.1, -0.05) is 60.7 Å². The summed E-state index contributed by atoms with van der Waals surface area (Å²) in [6.07, 6.45) is -4.70. The van der Waals surface area contributed by atoms with Crippen LogP contribution in [0.3, 0.4) is 0 Å². The Labute approximate surface area is 152 Å². The number of rotatable bonds is 2. The van der Waals surface area contributed by atoms with Gasteiger partial charge in [0.2, 0.25) is 0 Å². The van der Waals surface area contributed by atoms with Crippen LogP contribution in [0.25, 0.3) is 27.6 Å². The first-order valence-corrected chi connectivity index (χ1v) is 8.14. The molecular weight excluding hydrogens is 351 g/mol. The Morgan fingerprint density at radius 1 is 0.852 bits per heavy atom. The predicted molar refractivity (Wildman–Crippen MR) is 96.2 cm³/mol. The van der Waals surface area contributed by atoms with Crippen LogP contribution in [-0.4, -0.2) is 9.78 Å². The normalized spacial score (nSPS) is 11.5. The van der Waals surface area contributed by atoms with Gasteiger partial charge in [0.15, 0.2) is 11.4 Å². The summed E-state index contributed by atoms with van der Waals surface area (Å²) in [5.74, 6) is 0. The Hall–Kier alpha value is -3.59.